The Morgan fingerprint density at radius 3 is 2.32 bits per heavy atom. The van der Waals surface area contributed by atoms with E-state index in [2.05, 4.69) is 25.6 Å². The first-order chi connectivity index (χ1) is 13.2. The number of hydrogen-bond donors (Lipinski definition) is 2. The Morgan fingerprint density at radius 2 is 1.71 bits per heavy atom. The van der Waals surface area contributed by atoms with Gasteiger partial charge in [-0.3, -0.25) is 4.79 Å². The quantitative estimate of drug-likeness (QED) is 0.651. The number of alkyl halides is 3. The molecule has 2 heterocycles. The van der Waals surface area contributed by atoms with Crippen molar-refractivity contribution in [1.29, 1.82) is 0 Å². The Hall–Kier alpha value is -3.01. The van der Waals surface area contributed by atoms with Crippen molar-refractivity contribution >= 4 is 34.0 Å². The summed E-state index contributed by atoms with van der Waals surface area (Å²) in [7, 11) is 0. The summed E-state index contributed by atoms with van der Waals surface area (Å²) in [6.07, 6.45) is -4.42. The summed E-state index contributed by atoms with van der Waals surface area (Å²) >= 11 is 1.30. The van der Waals surface area contributed by atoms with Gasteiger partial charge in [0.25, 0.3) is 0 Å². The molecule has 2 N–H and O–H groups in total. The van der Waals surface area contributed by atoms with Crippen LogP contribution in [-0.4, -0.2) is 20.9 Å². The molecule has 0 atom stereocenters. The lowest BCUT2D eigenvalue weighted by Gasteiger charge is -2.08. The zero-order valence-electron chi connectivity index (χ0n) is 15.0. The second-order valence-corrected chi connectivity index (χ2v) is 6.90. The van der Waals surface area contributed by atoms with Gasteiger partial charge in [-0.15, -0.1) is 11.3 Å². The lowest BCUT2D eigenvalue weighted by Crippen LogP contribution is -2.15. The van der Waals surface area contributed by atoms with Crippen LogP contribution in [0.2, 0.25) is 0 Å². The Kier molecular flexibility index (Phi) is 5.59. The molecule has 28 heavy (non-hydrogen) atoms. The standard InChI is InChI=1S/C18H16F3N5OS/c1-10-7-11(2)23-16(22-10)26-17-25-14(9-28-17)8-15(27)24-13-5-3-12(4-6-13)18(19,20)21/h3-7,9H,8H2,1-2H3,(H,24,27)(H,22,23,25,26). The van der Waals surface area contributed by atoms with Crippen LogP contribution in [0.3, 0.4) is 0 Å². The maximum absolute atomic E-state index is 12.6. The van der Waals surface area contributed by atoms with Crippen LogP contribution in [0.1, 0.15) is 22.6 Å². The fourth-order valence-corrected chi connectivity index (χ4v) is 3.14. The van der Waals surface area contributed by atoms with Crippen molar-refractivity contribution in [3.8, 4) is 0 Å². The molecule has 10 heteroatoms. The van der Waals surface area contributed by atoms with E-state index in [0.29, 0.717) is 16.8 Å². The minimum absolute atomic E-state index is 0.00704. The molecular formula is C18H16F3N5OS. The van der Waals surface area contributed by atoms with Gasteiger partial charge in [-0.1, -0.05) is 0 Å². The van der Waals surface area contributed by atoms with Crippen molar-refractivity contribution in [2.24, 2.45) is 0 Å². The zero-order chi connectivity index (χ0) is 20.3. The number of carbonyl (C=O) groups excluding carboxylic acids is 1. The van der Waals surface area contributed by atoms with Crippen molar-refractivity contribution in [2.75, 3.05) is 10.6 Å². The minimum atomic E-state index is -4.41. The van der Waals surface area contributed by atoms with E-state index in [1.165, 1.54) is 23.5 Å². The molecule has 0 bridgehead atoms. The predicted octanol–water partition coefficient (Wildman–Crippen LogP) is 4.49. The van der Waals surface area contributed by atoms with Gasteiger partial charge < -0.3 is 10.6 Å². The second-order valence-electron chi connectivity index (χ2n) is 6.04. The number of aryl methyl sites for hydroxylation is 2. The Bertz CT molecular complexity index is 965. The van der Waals surface area contributed by atoms with Crippen LogP contribution in [0.4, 0.5) is 29.9 Å². The van der Waals surface area contributed by atoms with E-state index in [-0.39, 0.29) is 18.0 Å². The van der Waals surface area contributed by atoms with Gasteiger partial charge in [-0.25, -0.2) is 15.0 Å². The Labute approximate surface area is 162 Å². The highest BCUT2D eigenvalue weighted by atomic mass is 32.1. The average molecular weight is 407 g/mol. The zero-order valence-corrected chi connectivity index (χ0v) is 15.8. The molecular weight excluding hydrogens is 391 g/mol. The summed E-state index contributed by atoms with van der Waals surface area (Å²) < 4.78 is 37.7. The molecule has 0 aliphatic rings. The van der Waals surface area contributed by atoms with Crippen LogP contribution in [-0.2, 0) is 17.4 Å². The first-order valence-electron chi connectivity index (χ1n) is 8.20. The number of aromatic nitrogens is 3. The molecule has 0 aliphatic heterocycles. The van der Waals surface area contributed by atoms with E-state index < -0.39 is 11.7 Å². The summed E-state index contributed by atoms with van der Waals surface area (Å²) in [6, 6.07) is 6.12. The molecule has 0 aliphatic carbocycles. The van der Waals surface area contributed by atoms with E-state index >= 15 is 0 Å². The molecule has 2 aromatic heterocycles. The number of halogens is 3. The maximum atomic E-state index is 12.6. The fraction of sp³-hybridized carbons (Fsp3) is 0.222. The van der Waals surface area contributed by atoms with Gasteiger partial charge in [0.05, 0.1) is 17.7 Å². The third-order valence-corrected chi connectivity index (χ3v) is 4.40. The molecule has 0 saturated heterocycles. The second kappa shape index (κ2) is 7.93. The third-order valence-electron chi connectivity index (χ3n) is 3.59. The highest BCUT2D eigenvalue weighted by Crippen LogP contribution is 2.29. The van der Waals surface area contributed by atoms with Gasteiger partial charge in [0.2, 0.25) is 11.9 Å². The normalized spacial score (nSPS) is 11.3. The average Bonchev–Trinajstić information content (AvgIpc) is 3.00. The molecule has 3 aromatic rings. The van der Waals surface area contributed by atoms with E-state index in [4.69, 9.17) is 0 Å². The number of hydrogen-bond acceptors (Lipinski definition) is 6. The lowest BCUT2D eigenvalue weighted by atomic mass is 10.2. The third kappa shape index (κ3) is 5.26. The summed E-state index contributed by atoms with van der Waals surface area (Å²) in [4.78, 5) is 24.9. The van der Waals surface area contributed by atoms with Gasteiger partial charge in [0.1, 0.15) is 0 Å². The number of carbonyl (C=O) groups is 1. The summed E-state index contributed by atoms with van der Waals surface area (Å²) in [5.41, 5.74) is 1.69. The van der Waals surface area contributed by atoms with Crippen molar-refractivity contribution in [2.45, 2.75) is 26.4 Å². The Balaban J connectivity index is 1.59. The molecule has 1 amide bonds. The van der Waals surface area contributed by atoms with Crippen LogP contribution < -0.4 is 10.6 Å². The molecule has 0 unspecified atom stereocenters. The number of thiazole rings is 1. The lowest BCUT2D eigenvalue weighted by molar-refractivity contribution is -0.137. The fourth-order valence-electron chi connectivity index (χ4n) is 2.44. The monoisotopic (exact) mass is 407 g/mol. The van der Waals surface area contributed by atoms with Crippen molar-refractivity contribution in [1.82, 2.24) is 15.0 Å². The predicted molar refractivity (Wildman–Crippen MR) is 101 cm³/mol. The Morgan fingerprint density at radius 1 is 1.07 bits per heavy atom. The molecule has 146 valence electrons. The number of nitrogens with zero attached hydrogens (tertiary/aromatic N) is 3. The van der Waals surface area contributed by atoms with Crippen molar-refractivity contribution in [3.63, 3.8) is 0 Å². The minimum Gasteiger partial charge on any atom is -0.326 e. The first-order valence-corrected chi connectivity index (χ1v) is 9.08. The smallest absolute Gasteiger partial charge is 0.326 e. The van der Waals surface area contributed by atoms with Crippen LogP contribution in [0.5, 0.6) is 0 Å². The van der Waals surface area contributed by atoms with Gasteiger partial charge in [0, 0.05) is 22.5 Å². The largest absolute Gasteiger partial charge is 0.416 e. The maximum Gasteiger partial charge on any atom is 0.416 e. The van der Waals surface area contributed by atoms with Gasteiger partial charge >= 0.3 is 6.18 Å². The van der Waals surface area contributed by atoms with Crippen molar-refractivity contribution in [3.05, 3.63) is 58.4 Å². The van der Waals surface area contributed by atoms with Gasteiger partial charge in [0.15, 0.2) is 5.13 Å². The van der Waals surface area contributed by atoms with Gasteiger partial charge in [-0.05, 0) is 44.2 Å². The molecule has 0 fully saturated rings. The van der Waals surface area contributed by atoms with Crippen LogP contribution in [0.25, 0.3) is 0 Å². The molecule has 0 saturated carbocycles. The molecule has 1 aromatic carbocycles. The number of rotatable bonds is 5. The van der Waals surface area contributed by atoms with E-state index in [9.17, 15) is 18.0 Å². The van der Waals surface area contributed by atoms with E-state index in [0.717, 1.165) is 23.5 Å². The molecule has 0 radical (unpaired) electrons. The van der Waals surface area contributed by atoms with E-state index in [1.54, 1.807) is 5.38 Å². The number of amides is 1. The summed E-state index contributed by atoms with van der Waals surface area (Å²) in [6.45, 7) is 3.72. The van der Waals surface area contributed by atoms with Gasteiger partial charge in [-0.2, -0.15) is 13.2 Å². The SMILES string of the molecule is Cc1cc(C)nc(Nc2nc(CC(=O)Nc3ccc(C(F)(F)F)cc3)cs2)n1. The summed E-state index contributed by atoms with van der Waals surface area (Å²) in [5.74, 6) is 0.0480. The van der Waals surface area contributed by atoms with Crippen molar-refractivity contribution < 1.29 is 18.0 Å². The van der Waals surface area contributed by atoms with Crippen LogP contribution in [0.15, 0.2) is 35.7 Å². The molecule has 0 spiro atoms. The topological polar surface area (TPSA) is 79.8 Å². The number of nitrogens with one attached hydrogen (secondary N) is 2. The molecule has 3 rings (SSSR count). The van der Waals surface area contributed by atoms with Crippen LogP contribution in [0, 0.1) is 13.8 Å². The highest BCUT2D eigenvalue weighted by Gasteiger charge is 2.30. The molecule has 6 nitrogen and oxygen atoms in total. The first kappa shape index (κ1) is 19.7. The van der Waals surface area contributed by atoms with E-state index in [1.807, 2.05) is 19.9 Å². The summed E-state index contributed by atoms with van der Waals surface area (Å²) in [5, 5.41) is 7.82. The van der Waals surface area contributed by atoms with Crippen LogP contribution >= 0.6 is 11.3 Å². The number of anilines is 3. The highest BCUT2D eigenvalue weighted by molar-refractivity contribution is 7.13. The number of benzene rings is 1.